The number of likely N-dealkylation sites (N-methyl/N-ethyl adjacent to an activating group) is 1. The lowest BCUT2D eigenvalue weighted by molar-refractivity contribution is 0.0787. The molecule has 0 atom stereocenters. The summed E-state index contributed by atoms with van der Waals surface area (Å²) < 4.78 is 17.2. The van der Waals surface area contributed by atoms with Crippen LogP contribution in [0.1, 0.15) is 25.8 Å². The highest BCUT2D eigenvalue weighted by Crippen LogP contribution is 2.23. The zero-order chi connectivity index (χ0) is 21.8. The Labute approximate surface area is 179 Å². The Bertz CT molecular complexity index is 738. The molecule has 3 N–H and O–H groups in total. The Kier molecular flexibility index (Phi) is 10.3. The average Bonchev–Trinajstić information content (AvgIpc) is 2.69. The van der Waals surface area contributed by atoms with Crippen molar-refractivity contribution in [1.29, 1.82) is 0 Å². The molecule has 30 heavy (non-hydrogen) atoms. The maximum atomic E-state index is 5.87. The summed E-state index contributed by atoms with van der Waals surface area (Å²) in [4.78, 5) is 10.9. The lowest BCUT2D eigenvalue weighted by atomic mass is 10.1. The number of ether oxygens (including phenoxy) is 3. The van der Waals surface area contributed by atoms with Gasteiger partial charge in [-0.15, -0.1) is 0 Å². The van der Waals surface area contributed by atoms with Crippen LogP contribution in [0.15, 0.2) is 30.3 Å². The van der Waals surface area contributed by atoms with Crippen molar-refractivity contribution in [1.82, 2.24) is 14.9 Å². The van der Waals surface area contributed by atoms with E-state index in [2.05, 4.69) is 20.2 Å². The van der Waals surface area contributed by atoms with Gasteiger partial charge in [0.15, 0.2) is 0 Å². The van der Waals surface area contributed by atoms with E-state index in [0.717, 1.165) is 31.5 Å². The molecule has 0 aliphatic heterocycles. The monoisotopic (exact) mass is 417 g/mol. The van der Waals surface area contributed by atoms with Gasteiger partial charge in [-0.1, -0.05) is 12.1 Å². The van der Waals surface area contributed by atoms with E-state index in [0.29, 0.717) is 37.2 Å². The smallest absolute Gasteiger partial charge is 0.327 e. The molecule has 0 bridgehead atoms. The predicted molar refractivity (Wildman–Crippen MR) is 120 cm³/mol. The summed E-state index contributed by atoms with van der Waals surface area (Å²) in [6.45, 7) is 7.42. The third-order valence-corrected chi connectivity index (χ3v) is 4.11. The van der Waals surface area contributed by atoms with Crippen LogP contribution in [0.4, 0.5) is 5.82 Å². The molecule has 8 nitrogen and oxygen atoms in total. The van der Waals surface area contributed by atoms with Crippen LogP contribution in [0.2, 0.25) is 0 Å². The van der Waals surface area contributed by atoms with E-state index in [1.807, 2.05) is 52.2 Å². The van der Waals surface area contributed by atoms with E-state index in [-0.39, 0.29) is 12.1 Å². The Hall–Kier alpha value is -2.42. The van der Waals surface area contributed by atoms with E-state index < -0.39 is 0 Å². The number of anilines is 1. The number of nitrogens with two attached hydrogens (primary N) is 1. The minimum atomic E-state index is 0.233. The molecule has 0 spiro atoms. The van der Waals surface area contributed by atoms with Gasteiger partial charge >= 0.3 is 6.01 Å². The second-order valence-corrected chi connectivity index (χ2v) is 7.51. The van der Waals surface area contributed by atoms with Gasteiger partial charge in [-0.05, 0) is 65.0 Å². The van der Waals surface area contributed by atoms with Crippen LogP contribution in [-0.2, 0) is 11.2 Å². The zero-order valence-corrected chi connectivity index (χ0v) is 18.6. The number of hydrogen-bond donors (Lipinski definition) is 2. The fourth-order valence-corrected chi connectivity index (χ4v) is 2.55. The first kappa shape index (κ1) is 23.9. The first-order valence-electron chi connectivity index (χ1n) is 10.4. The Balaban J connectivity index is 2.03. The van der Waals surface area contributed by atoms with Crippen molar-refractivity contribution in [3.63, 3.8) is 0 Å². The van der Waals surface area contributed by atoms with E-state index in [1.54, 1.807) is 6.07 Å². The van der Waals surface area contributed by atoms with Crippen LogP contribution < -0.4 is 20.5 Å². The Morgan fingerprint density at radius 2 is 1.87 bits per heavy atom. The molecule has 0 saturated carbocycles. The van der Waals surface area contributed by atoms with E-state index >= 15 is 0 Å². The highest BCUT2D eigenvalue weighted by molar-refractivity contribution is 5.40. The van der Waals surface area contributed by atoms with Gasteiger partial charge in [-0.2, -0.15) is 9.97 Å². The van der Waals surface area contributed by atoms with Crippen LogP contribution in [-0.4, -0.2) is 67.9 Å². The van der Waals surface area contributed by atoms with Crippen molar-refractivity contribution in [3.8, 4) is 17.6 Å². The van der Waals surface area contributed by atoms with Gasteiger partial charge in [0.1, 0.15) is 18.2 Å². The van der Waals surface area contributed by atoms with Gasteiger partial charge in [-0.3, -0.25) is 0 Å². The van der Waals surface area contributed by atoms with Gasteiger partial charge < -0.3 is 30.2 Å². The van der Waals surface area contributed by atoms with Crippen molar-refractivity contribution in [2.45, 2.75) is 32.8 Å². The number of aromatic nitrogens is 2. The number of rotatable bonds is 14. The maximum absolute atomic E-state index is 5.87. The molecular weight excluding hydrogens is 382 g/mol. The van der Waals surface area contributed by atoms with Crippen molar-refractivity contribution in [2.75, 3.05) is 52.3 Å². The SMILES string of the molecule is CC(C)OCCCNc1cc(OCCN(C)C)nc(Oc2ccc(CCN)cc2)n1. The highest BCUT2D eigenvalue weighted by atomic mass is 16.5. The molecule has 2 rings (SSSR count). The predicted octanol–water partition coefficient (Wildman–Crippen LogP) is 2.94. The quantitative estimate of drug-likeness (QED) is 0.453. The minimum Gasteiger partial charge on any atom is -0.476 e. The first-order valence-corrected chi connectivity index (χ1v) is 10.4. The topological polar surface area (TPSA) is 94.8 Å². The summed E-state index contributed by atoms with van der Waals surface area (Å²) in [5.74, 6) is 1.80. The van der Waals surface area contributed by atoms with E-state index in [1.165, 1.54) is 0 Å². The summed E-state index contributed by atoms with van der Waals surface area (Å²) in [6.07, 6.45) is 1.94. The molecule has 2 aromatic rings. The molecular formula is C22H35N5O3. The Morgan fingerprint density at radius 1 is 1.10 bits per heavy atom. The van der Waals surface area contributed by atoms with Gasteiger partial charge in [0, 0.05) is 25.8 Å². The highest BCUT2D eigenvalue weighted by Gasteiger charge is 2.09. The normalized spacial score (nSPS) is 11.2. The van der Waals surface area contributed by atoms with Crippen LogP contribution in [0, 0.1) is 0 Å². The van der Waals surface area contributed by atoms with Crippen molar-refractivity contribution >= 4 is 5.82 Å². The molecule has 1 heterocycles. The summed E-state index contributed by atoms with van der Waals surface area (Å²) >= 11 is 0. The summed E-state index contributed by atoms with van der Waals surface area (Å²) in [5.41, 5.74) is 6.77. The molecule has 0 unspecified atom stereocenters. The number of hydrogen-bond acceptors (Lipinski definition) is 8. The second kappa shape index (κ2) is 13.0. The molecule has 0 fully saturated rings. The van der Waals surface area contributed by atoms with Crippen molar-refractivity contribution in [2.24, 2.45) is 5.73 Å². The lowest BCUT2D eigenvalue weighted by Gasteiger charge is -2.13. The van der Waals surface area contributed by atoms with Crippen LogP contribution >= 0.6 is 0 Å². The zero-order valence-electron chi connectivity index (χ0n) is 18.6. The summed E-state index contributed by atoms with van der Waals surface area (Å²) in [6, 6.07) is 9.80. The second-order valence-electron chi connectivity index (χ2n) is 7.51. The van der Waals surface area contributed by atoms with E-state index in [4.69, 9.17) is 19.9 Å². The fraction of sp³-hybridized carbons (Fsp3) is 0.545. The molecule has 0 radical (unpaired) electrons. The molecule has 0 aliphatic rings. The van der Waals surface area contributed by atoms with E-state index in [9.17, 15) is 0 Å². The van der Waals surface area contributed by atoms with Gasteiger partial charge in [0.2, 0.25) is 5.88 Å². The third-order valence-electron chi connectivity index (χ3n) is 4.11. The van der Waals surface area contributed by atoms with Crippen LogP contribution in [0.3, 0.4) is 0 Å². The van der Waals surface area contributed by atoms with Gasteiger partial charge in [0.05, 0.1) is 6.10 Å². The lowest BCUT2D eigenvalue weighted by Crippen LogP contribution is -2.20. The minimum absolute atomic E-state index is 0.233. The van der Waals surface area contributed by atoms with Crippen LogP contribution in [0.25, 0.3) is 0 Å². The third kappa shape index (κ3) is 9.39. The molecule has 0 amide bonds. The molecule has 0 aliphatic carbocycles. The van der Waals surface area contributed by atoms with Crippen molar-refractivity contribution < 1.29 is 14.2 Å². The summed E-state index contributed by atoms with van der Waals surface area (Å²) in [7, 11) is 4.00. The average molecular weight is 418 g/mol. The first-order chi connectivity index (χ1) is 14.5. The molecule has 8 heteroatoms. The number of nitrogens with zero attached hydrogens (tertiary/aromatic N) is 3. The van der Waals surface area contributed by atoms with Gasteiger partial charge in [0.25, 0.3) is 0 Å². The maximum Gasteiger partial charge on any atom is 0.327 e. The molecule has 1 aromatic heterocycles. The molecule has 1 aromatic carbocycles. The van der Waals surface area contributed by atoms with Gasteiger partial charge in [-0.25, -0.2) is 0 Å². The number of benzene rings is 1. The largest absolute Gasteiger partial charge is 0.476 e. The number of nitrogens with one attached hydrogen (secondary N) is 1. The Morgan fingerprint density at radius 3 is 2.53 bits per heavy atom. The molecule has 0 saturated heterocycles. The summed E-state index contributed by atoms with van der Waals surface area (Å²) in [5, 5.41) is 3.29. The van der Waals surface area contributed by atoms with Crippen molar-refractivity contribution in [3.05, 3.63) is 35.9 Å². The van der Waals surface area contributed by atoms with Crippen LogP contribution in [0.5, 0.6) is 17.6 Å². The molecule has 166 valence electrons. The fourth-order valence-electron chi connectivity index (χ4n) is 2.55. The standard InChI is InChI=1S/C22H35N5O3/c1-17(2)28-14-5-12-24-20-16-21(29-15-13-27(3)4)26-22(25-20)30-19-8-6-18(7-9-19)10-11-23/h6-9,16-17H,5,10-15,23H2,1-4H3,(H,24,25,26).